The highest BCUT2D eigenvalue weighted by Crippen LogP contribution is 2.23. The first-order valence-corrected chi connectivity index (χ1v) is 6.47. The van der Waals surface area contributed by atoms with Crippen molar-refractivity contribution in [3.05, 3.63) is 18.0 Å². The molecule has 1 saturated heterocycles. The van der Waals surface area contributed by atoms with E-state index in [1.165, 1.54) is 38.0 Å². The lowest BCUT2D eigenvalue weighted by Crippen LogP contribution is -2.34. The van der Waals surface area contributed by atoms with E-state index in [1.807, 2.05) is 6.20 Å². The molecule has 1 aromatic rings. The number of rotatable bonds is 3. The van der Waals surface area contributed by atoms with E-state index in [1.54, 1.807) is 0 Å². The fourth-order valence-electron chi connectivity index (χ4n) is 2.35. The largest absolute Gasteiger partial charge is 0.303 e. The van der Waals surface area contributed by atoms with Crippen LogP contribution in [0.3, 0.4) is 0 Å². The highest BCUT2D eigenvalue weighted by molar-refractivity contribution is 5.09. The van der Waals surface area contributed by atoms with E-state index >= 15 is 0 Å². The maximum absolute atomic E-state index is 4.51. The molecule has 0 N–H and O–H groups in total. The molecule has 3 heteroatoms. The quantitative estimate of drug-likeness (QED) is 0.782. The van der Waals surface area contributed by atoms with Gasteiger partial charge in [0.15, 0.2) is 0 Å². The second-order valence-electron chi connectivity index (χ2n) is 5.07. The van der Waals surface area contributed by atoms with Crippen molar-refractivity contribution < 1.29 is 0 Å². The molecule has 3 nitrogen and oxygen atoms in total. The zero-order chi connectivity index (χ0) is 11.5. The van der Waals surface area contributed by atoms with E-state index < -0.39 is 0 Å². The highest BCUT2D eigenvalue weighted by atomic mass is 15.3. The van der Waals surface area contributed by atoms with Crippen LogP contribution < -0.4 is 0 Å². The van der Waals surface area contributed by atoms with Gasteiger partial charge >= 0.3 is 0 Å². The van der Waals surface area contributed by atoms with Crippen LogP contribution in [0.15, 0.2) is 12.4 Å². The van der Waals surface area contributed by atoms with Crippen LogP contribution in [0.4, 0.5) is 0 Å². The van der Waals surface area contributed by atoms with Gasteiger partial charge in [0.05, 0.1) is 12.2 Å². The van der Waals surface area contributed by atoms with Gasteiger partial charge in [-0.3, -0.25) is 4.68 Å². The Kier molecular flexibility index (Phi) is 3.64. The van der Waals surface area contributed by atoms with Crippen molar-refractivity contribution in [1.82, 2.24) is 14.7 Å². The minimum absolute atomic E-state index is 0.587. The van der Waals surface area contributed by atoms with Gasteiger partial charge < -0.3 is 4.90 Å². The molecule has 0 atom stereocenters. The maximum Gasteiger partial charge on any atom is 0.0543 e. The number of hydrogen-bond acceptors (Lipinski definition) is 2. The molecule has 2 heterocycles. The molecule has 1 aliphatic rings. The molecule has 2 rings (SSSR count). The van der Waals surface area contributed by atoms with Crippen molar-refractivity contribution in [3.8, 4) is 0 Å². The third-order valence-electron chi connectivity index (χ3n) is 3.67. The Balaban J connectivity index is 1.97. The van der Waals surface area contributed by atoms with E-state index in [2.05, 4.69) is 41.6 Å². The predicted octanol–water partition coefficient (Wildman–Crippen LogP) is 2.66. The minimum Gasteiger partial charge on any atom is -0.303 e. The first-order valence-electron chi connectivity index (χ1n) is 6.47. The van der Waals surface area contributed by atoms with Gasteiger partial charge in [-0.15, -0.1) is 0 Å². The lowest BCUT2D eigenvalue weighted by atomic mass is 10.0. The fourth-order valence-corrected chi connectivity index (χ4v) is 2.35. The molecule has 90 valence electrons. The van der Waals surface area contributed by atoms with Gasteiger partial charge in [0.2, 0.25) is 0 Å². The molecule has 1 aliphatic heterocycles. The van der Waals surface area contributed by atoms with Crippen LogP contribution in [-0.2, 0) is 0 Å². The third-order valence-corrected chi connectivity index (χ3v) is 3.67. The van der Waals surface area contributed by atoms with Crippen LogP contribution in [0.1, 0.15) is 51.1 Å². The Morgan fingerprint density at radius 1 is 1.38 bits per heavy atom. The zero-order valence-corrected chi connectivity index (χ0v) is 10.7. The van der Waals surface area contributed by atoms with Gasteiger partial charge in [0, 0.05) is 19.3 Å². The fraction of sp³-hybridized carbons (Fsp3) is 0.769. The summed E-state index contributed by atoms with van der Waals surface area (Å²) in [6, 6.07) is 0.621. The van der Waals surface area contributed by atoms with E-state index in [-0.39, 0.29) is 0 Å². The van der Waals surface area contributed by atoms with Crippen molar-refractivity contribution in [2.45, 2.75) is 45.6 Å². The first kappa shape index (κ1) is 11.6. The van der Waals surface area contributed by atoms with Crippen molar-refractivity contribution in [1.29, 1.82) is 0 Å². The average molecular weight is 221 g/mol. The van der Waals surface area contributed by atoms with Gasteiger partial charge in [-0.05, 0) is 30.9 Å². The first-order chi connectivity index (χ1) is 7.70. The third kappa shape index (κ3) is 2.46. The van der Waals surface area contributed by atoms with Gasteiger partial charge in [-0.25, -0.2) is 0 Å². The number of likely N-dealkylation sites (tertiary alicyclic amines) is 1. The highest BCUT2D eigenvalue weighted by Gasteiger charge is 2.20. The van der Waals surface area contributed by atoms with E-state index in [9.17, 15) is 0 Å². The topological polar surface area (TPSA) is 21.1 Å². The van der Waals surface area contributed by atoms with Crippen LogP contribution >= 0.6 is 0 Å². The summed E-state index contributed by atoms with van der Waals surface area (Å²) in [5.74, 6) is 0.587. The number of hydrogen-bond donors (Lipinski definition) is 0. The molecule has 0 aromatic carbocycles. The molecule has 0 unspecified atom stereocenters. The lowest BCUT2D eigenvalue weighted by molar-refractivity contribution is 0.187. The zero-order valence-electron chi connectivity index (χ0n) is 10.7. The van der Waals surface area contributed by atoms with Crippen molar-refractivity contribution in [2.75, 3.05) is 19.6 Å². The van der Waals surface area contributed by atoms with Gasteiger partial charge in [-0.2, -0.15) is 5.10 Å². The molecule has 16 heavy (non-hydrogen) atoms. The summed E-state index contributed by atoms with van der Waals surface area (Å²) in [6.45, 7) is 10.3. The van der Waals surface area contributed by atoms with Crippen molar-refractivity contribution >= 4 is 0 Å². The number of piperidine rings is 1. The summed E-state index contributed by atoms with van der Waals surface area (Å²) in [4.78, 5) is 2.52. The standard InChI is InChI=1S/C13H23N3/c1-4-15-7-5-13(6-8-15)16-10-12(9-14-16)11(2)3/h9-11,13H,4-8H2,1-3H3. The summed E-state index contributed by atoms with van der Waals surface area (Å²) in [7, 11) is 0. The van der Waals surface area contributed by atoms with E-state index in [0.29, 0.717) is 12.0 Å². The SMILES string of the molecule is CCN1CCC(n2cc(C(C)C)cn2)CC1. The van der Waals surface area contributed by atoms with Crippen molar-refractivity contribution in [3.63, 3.8) is 0 Å². The van der Waals surface area contributed by atoms with Crippen LogP contribution in [0.2, 0.25) is 0 Å². The average Bonchev–Trinajstić information content (AvgIpc) is 2.78. The molecule has 1 fully saturated rings. The smallest absolute Gasteiger partial charge is 0.0543 e. The summed E-state index contributed by atoms with van der Waals surface area (Å²) >= 11 is 0. The number of aromatic nitrogens is 2. The maximum atomic E-state index is 4.51. The van der Waals surface area contributed by atoms with Crippen LogP contribution in [0, 0.1) is 0 Å². The van der Waals surface area contributed by atoms with Crippen LogP contribution in [0.25, 0.3) is 0 Å². The Labute approximate surface area is 98.4 Å². The summed E-state index contributed by atoms with van der Waals surface area (Å²) < 4.78 is 2.18. The summed E-state index contributed by atoms with van der Waals surface area (Å²) in [5, 5.41) is 4.51. The molecular formula is C13H23N3. The van der Waals surface area contributed by atoms with Gasteiger partial charge in [0.1, 0.15) is 0 Å². The molecule has 0 saturated carbocycles. The second-order valence-corrected chi connectivity index (χ2v) is 5.07. The molecule has 0 amide bonds. The monoisotopic (exact) mass is 221 g/mol. The second kappa shape index (κ2) is 5.00. The van der Waals surface area contributed by atoms with Crippen molar-refractivity contribution in [2.24, 2.45) is 0 Å². The molecule has 0 spiro atoms. The molecule has 0 aliphatic carbocycles. The predicted molar refractivity (Wildman–Crippen MR) is 66.7 cm³/mol. The number of nitrogens with zero attached hydrogens (tertiary/aromatic N) is 3. The van der Waals surface area contributed by atoms with Gasteiger partial charge in [-0.1, -0.05) is 20.8 Å². The molecule has 1 aromatic heterocycles. The molecular weight excluding hydrogens is 198 g/mol. The lowest BCUT2D eigenvalue weighted by Gasteiger charge is -2.31. The minimum atomic E-state index is 0.587. The Hall–Kier alpha value is -0.830. The molecule has 0 radical (unpaired) electrons. The van der Waals surface area contributed by atoms with E-state index in [4.69, 9.17) is 0 Å². The Morgan fingerprint density at radius 2 is 2.06 bits per heavy atom. The van der Waals surface area contributed by atoms with Gasteiger partial charge in [0.25, 0.3) is 0 Å². The molecule has 0 bridgehead atoms. The normalized spacial score (nSPS) is 19.5. The van der Waals surface area contributed by atoms with Crippen LogP contribution in [0.5, 0.6) is 0 Å². The van der Waals surface area contributed by atoms with Crippen LogP contribution in [-0.4, -0.2) is 34.3 Å². The Morgan fingerprint density at radius 3 is 2.56 bits per heavy atom. The Bertz CT molecular complexity index is 322. The summed E-state index contributed by atoms with van der Waals surface area (Å²) in [5.41, 5.74) is 1.36. The van der Waals surface area contributed by atoms with E-state index in [0.717, 1.165) is 0 Å². The summed E-state index contributed by atoms with van der Waals surface area (Å²) in [6.07, 6.45) is 6.74.